The van der Waals surface area contributed by atoms with Gasteiger partial charge in [0.05, 0.1) is 6.04 Å². The van der Waals surface area contributed by atoms with Crippen LogP contribution in [0.1, 0.15) is 26.3 Å². The van der Waals surface area contributed by atoms with Gasteiger partial charge >= 0.3 is 0 Å². The average molecular weight is 303 g/mol. The standard InChI is InChI=1S/C18H29N3O/c1-15(2)14-20-9-11-21(12-10-20)16(3)18(22)19-13-17-7-5-4-6-8-17/h4-8,15-16H,9-14H2,1-3H3,(H,19,22). The lowest BCUT2D eigenvalue weighted by Crippen LogP contribution is -2.54. The summed E-state index contributed by atoms with van der Waals surface area (Å²) in [6.45, 7) is 12.4. The second kappa shape index (κ2) is 8.30. The quantitative estimate of drug-likeness (QED) is 0.873. The number of nitrogens with one attached hydrogen (secondary N) is 1. The first kappa shape index (κ1) is 17.0. The van der Waals surface area contributed by atoms with Crippen LogP contribution in [0.15, 0.2) is 30.3 Å². The lowest BCUT2D eigenvalue weighted by atomic mass is 10.1. The number of nitrogens with zero attached hydrogens (tertiary/aromatic N) is 2. The Kier molecular flexibility index (Phi) is 6.40. The molecule has 1 saturated heterocycles. The number of rotatable bonds is 6. The smallest absolute Gasteiger partial charge is 0.237 e. The van der Waals surface area contributed by atoms with E-state index in [-0.39, 0.29) is 11.9 Å². The zero-order valence-corrected chi connectivity index (χ0v) is 14.1. The molecule has 4 nitrogen and oxygen atoms in total. The summed E-state index contributed by atoms with van der Waals surface area (Å²) in [4.78, 5) is 17.1. The largest absolute Gasteiger partial charge is 0.351 e. The lowest BCUT2D eigenvalue weighted by Gasteiger charge is -2.38. The third-order valence-electron chi connectivity index (χ3n) is 4.27. The predicted octanol–water partition coefficient (Wildman–Crippen LogP) is 1.96. The van der Waals surface area contributed by atoms with Gasteiger partial charge < -0.3 is 10.2 Å². The van der Waals surface area contributed by atoms with Crippen molar-refractivity contribution in [2.45, 2.75) is 33.4 Å². The molecule has 1 aliphatic heterocycles. The molecular weight excluding hydrogens is 274 g/mol. The molecule has 0 spiro atoms. The maximum Gasteiger partial charge on any atom is 0.237 e. The van der Waals surface area contributed by atoms with Crippen LogP contribution in [0.5, 0.6) is 0 Å². The molecule has 1 fully saturated rings. The second-order valence-corrected chi connectivity index (χ2v) is 6.61. The van der Waals surface area contributed by atoms with Crippen LogP contribution in [-0.4, -0.2) is 54.5 Å². The molecule has 0 bridgehead atoms. The molecule has 1 atom stereocenters. The molecular formula is C18H29N3O. The van der Waals surface area contributed by atoms with Crippen LogP contribution in [0.4, 0.5) is 0 Å². The number of amides is 1. The van der Waals surface area contributed by atoms with Crippen molar-refractivity contribution < 1.29 is 4.79 Å². The van der Waals surface area contributed by atoms with Gasteiger partial charge in [-0.15, -0.1) is 0 Å². The van der Waals surface area contributed by atoms with E-state index in [1.807, 2.05) is 37.3 Å². The van der Waals surface area contributed by atoms with Gasteiger partial charge in [0.2, 0.25) is 5.91 Å². The van der Waals surface area contributed by atoms with Gasteiger partial charge in [0.15, 0.2) is 0 Å². The van der Waals surface area contributed by atoms with Gasteiger partial charge in [0.25, 0.3) is 0 Å². The molecule has 1 unspecified atom stereocenters. The summed E-state index contributed by atoms with van der Waals surface area (Å²) in [5.41, 5.74) is 1.14. The molecule has 0 saturated carbocycles. The Hall–Kier alpha value is -1.39. The fraction of sp³-hybridized carbons (Fsp3) is 0.611. The highest BCUT2D eigenvalue weighted by Crippen LogP contribution is 2.09. The third kappa shape index (κ3) is 5.11. The molecule has 1 heterocycles. The Balaban J connectivity index is 1.74. The van der Waals surface area contributed by atoms with E-state index in [1.165, 1.54) is 0 Å². The summed E-state index contributed by atoms with van der Waals surface area (Å²) >= 11 is 0. The number of hydrogen-bond donors (Lipinski definition) is 1. The predicted molar refractivity (Wildman–Crippen MR) is 90.6 cm³/mol. The zero-order chi connectivity index (χ0) is 15.9. The van der Waals surface area contributed by atoms with Gasteiger partial charge in [0.1, 0.15) is 0 Å². The van der Waals surface area contributed by atoms with Crippen molar-refractivity contribution in [3.8, 4) is 0 Å². The van der Waals surface area contributed by atoms with E-state index in [4.69, 9.17) is 0 Å². The molecule has 4 heteroatoms. The minimum atomic E-state index is -0.0510. The van der Waals surface area contributed by atoms with Gasteiger partial charge in [-0.25, -0.2) is 0 Å². The van der Waals surface area contributed by atoms with Crippen LogP contribution in [0, 0.1) is 5.92 Å². The first-order valence-corrected chi connectivity index (χ1v) is 8.34. The van der Waals surface area contributed by atoms with E-state index < -0.39 is 0 Å². The number of carbonyl (C=O) groups excluding carboxylic acids is 1. The van der Waals surface area contributed by atoms with Crippen molar-refractivity contribution in [2.75, 3.05) is 32.7 Å². The van der Waals surface area contributed by atoms with E-state index in [9.17, 15) is 4.79 Å². The first-order chi connectivity index (χ1) is 10.6. The second-order valence-electron chi connectivity index (χ2n) is 6.61. The fourth-order valence-electron chi connectivity index (χ4n) is 2.95. The van der Waals surface area contributed by atoms with Crippen molar-refractivity contribution in [1.82, 2.24) is 15.1 Å². The molecule has 122 valence electrons. The van der Waals surface area contributed by atoms with Crippen molar-refractivity contribution in [3.05, 3.63) is 35.9 Å². The summed E-state index contributed by atoms with van der Waals surface area (Å²) in [6.07, 6.45) is 0. The van der Waals surface area contributed by atoms with Crippen LogP contribution in [0.3, 0.4) is 0 Å². The van der Waals surface area contributed by atoms with Crippen LogP contribution in [-0.2, 0) is 11.3 Å². The third-order valence-corrected chi connectivity index (χ3v) is 4.27. The Labute approximate surface area is 134 Å². The molecule has 0 aromatic heterocycles. The minimum absolute atomic E-state index is 0.0510. The van der Waals surface area contributed by atoms with Crippen molar-refractivity contribution in [2.24, 2.45) is 5.92 Å². The maximum atomic E-state index is 12.3. The zero-order valence-electron chi connectivity index (χ0n) is 14.1. The SMILES string of the molecule is CC(C)CN1CCN(C(C)C(=O)NCc2ccccc2)CC1. The number of piperazine rings is 1. The van der Waals surface area contributed by atoms with E-state index in [0.717, 1.165) is 38.3 Å². The van der Waals surface area contributed by atoms with Gasteiger partial charge in [-0.2, -0.15) is 0 Å². The monoisotopic (exact) mass is 303 g/mol. The van der Waals surface area contributed by atoms with Gasteiger partial charge in [0, 0.05) is 39.3 Å². The van der Waals surface area contributed by atoms with E-state index in [0.29, 0.717) is 12.5 Å². The van der Waals surface area contributed by atoms with Gasteiger partial charge in [-0.3, -0.25) is 9.69 Å². The Morgan fingerprint density at radius 1 is 1.09 bits per heavy atom. The normalized spacial score (nSPS) is 18.4. The Bertz CT molecular complexity index is 453. The summed E-state index contributed by atoms with van der Waals surface area (Å²) in [7, 11) is 0. The molecule has 2 rings (SSSR count). The van der Waals surface area contributed by atoms with Crippen LogP contribution in [0.25, 0.3) is 0 Å². The van der Waals surface area contributed by atoms with Crippen LogP contribution >= 0.6 is 0 Å². The molecule has 22 heavy (non-hydrogen) atoms. The minimum Gasteiger partial charge on any atom is -0.351 e. The molecule has 0 aliphatic carbocycles. The van der Waals surface area contributed by atoms with Crippen molar-refractivity contribution in [3.63, 3.8) is 0 Å². The topological polar surface area (TPSA) is 35.6 Å². The summed E-state index contributed by atoms with van der Waals surface area (Å²) in [5, 5.41) is 3.05. The highest BCUT2D eigenvalue weighted by molar-refractivity contribution is 5.81. The lowest BCUT2D eigenvalue weighted by molar-refractivity contribution is -0.126. The molecule has 1 aromatic rings. The number of carbonyl (C=O) groups is 1. The highest BCUT2D eigenvalue weighted by atomic mass is 16.2. The Morgan fingerprint density at radius 3 is 2.32 bits per heavy atom. The molecule has 1 aromatic carbocycles. The van der Waals surface area contributed by atoms with Crippen LogP contribution in [0.2, 0.25) is 0 Å². The summed E-state index contributed by atoms with van der Waals surface area (Å²) in [5.74, 6) is 0.833. The molecule has 1 aliphatic rings. The van der Waals surface area contributed by atoms with Crippen LogP contribution < -0.4 is 5.32 Å². The number of benzene rings is 1. The summed E-state index contributed by atoms with van der Waals surface area (Å²) in [6, 6.07) is 10.0. The van der Waals surface area contributed by atoms with E-state index >= 15 is 0 Å². The molecule has 1 N–H and O–H groups in total. The van der Waals surface area contributed by atoms with Gasteiger partial charge in [-0.05, 0) is 18.4 Å². The maximum absolute atomic E-state index is 12.3. The highest BCUT2D eigenvalue weighted by Gasteiger charge is 2.25. The molecule has 0 radical (unpaired) electrons. The van der Waals surface area contributed by atoms with Gasteiger partial charge in [-0.1, -0.05) is 44.2 Å². The first-order valence-electron chi connectivity index (χ1n) is 8.34. The average Bonchev–Trinajstić information content (AvgIpc) is 2.53. The summed E-state index contributed by atoms with van der Waals surface area (Å²) < 4.78 is 0. The van der Waals surface area contributed by atoms with E-state index in [2.05, 4.69) is 29.0 Å². The number of hydrogen-bond acceptors (Lipinski definition) is 3. The van der Waals surface area contributed by atoms with Crippen molar-refractivity contribution in [1.29, 1.82) is 0 Å². The fourth-order valence-corrected chi connectivity index (χ4v) is 2.95. The van der Waals surface area contributed by atoms with E-state index in [1.54, 1.807) is 0 Å². The molecule has 1 amide bonds. The Morgan fingerprint density at radius 2 is 1.73 bits per heavy atom. The van der Waals surface area contributed by atoms with Crippen molar-refractivity contribution >= 4 is 5.91 Å².